The largest absolute Gasteiger partial charge is 0.389 e. The number of aromatic nitrogens is 2. The lowest BCUT2D eigenvalue weighted by Crippen LogP contribution is -2.22. The van der Waals surface area contributed by atoms with Crippen molar-refractivity contribution in [3.05, 3.63) is 47.3 Å². The number of carbonyl (C=O) groups is 1. The predicted molar refractivity (Wildman–Crippen MR) is 82.2 cm³/mol. The van der Waals surface area contributed by atoms with E-state index in [2.05, 4.69) is 5.10 Å². The Labute approximate surface area is 123 Å². The molecule has 2 aromatic rings. The first-order valence-corrected chi connectivity index (χ1v) is 6.49. The smallest absolute Gasteiger partial charge is 0.273 e. The molecule has 0 radical (unpaired) electrons. The first-order chi connectivity index (χ1) is 9.40. The summed E-state index contributed by atoms with van der Waals surface area (Å²) >= 11 is 5.05. The quantitative estimate of drug-likeness (QED) is 0.870. The number of aryl methyl sites for hydroxylation is 1. The number of rotatable bonds is 3. The van der Waals surface area contributed by atoms with Crippen molar-refractivity contribution in [3.63, 3.8) is 0 Å². The maximum atomic E-state index is 11.9. The second-order valence-corrected chi connectivity index (χ2v) is 5.17. The summed E-state index contributed by atoms with van der Waals surface area (Å²) in [6.45, 7) is 1.97. The van der Waals surface area contributed by atoms with E-state index in [0.717, 1.165) is 16.8 Å². The third-order valence-corrected chi connectivity index (χ3v) is 3.10. The fourth-order valence-corrected chi connectivity index (χ4v) is 2.01. The number of carbonyl (C=O) groups excluding carboxylic acids is 1. The van der Waals surface area contributed by atoms with Crippen molar-refractivity contribution in [3.8, 4) is 5.69 Å². The van der Waals surface area contributed by atoms with E-state index in [1.807, 2.05) is 25.1 Å². The Hall–Kier alpha value is -2.21. The highest BCUT2D eigenvalue weighted by atomic mass is 32.1. The molecule has 0 aliphatic carbocycles. The standard InChI is InChI=1S/C14H16N4OS/c1-9-4-5-10(13(15)20)12(8-9)18-7-6-11(16-18)14(19)17(2)3/h4-8H,1-3H3,(H2,15,20). The highest BCUT2D eigenvalue weighted by Crippen LogP contribution is 2.17. The Morgan fingerprint density at radius 3 is 2.65 bits per heavy atom. The van der Waals surface area contributed by atoms with Crippen LogP contribution in [0.2, 0.25) is 0 Å². The van der Waals surface area contributed by atoms with Crippen LogP contribution >= 0.6 is 12.2 Å². The van der Waals surface area contributed by atoms with Crippen molar-refractivity contribution in [1.29, 1.82) is 0 Å². The number of hydrogen-bond acceptors (Lipinski definition) is 3. The maximum absolute atomic E-state index is 11.9. The number of hydrogen-bond donors (Lipinski definition) is 1. The van der Waals surface area contributed by atoms with E-state index in [9.17, 15) is 4.79 Å². The third kappa shape index (κ3) is 2.70. The molecule has 0 aliphatic rings. The summed E-state index contributed by atoms with van der Waals surface area (Å²) in [5.41, 5.74) is 8.68. The molecule has 20 heavy (non-hydrogen) atoms. The van der Waals surface area contributed by atoms with E-state index in [1.54, 1.807) is 31.0 Å². The van der Waals surface area contributed by atoms with Gasteiger partial charge in [0.25, 0.3) is 5.91 Å². The Balaban J connectivity index is 2.50. The van der Waals surface area contributed by atoms with Crippen LogP contribution in [0.5, 0.6) is 0 Å². The van der Waals surface area contributed by atoms with Crippen LogP contribution in [0, 0.1) is 6.92 Å². The molecule has 104 valence electrons. The van der Waals surface area contributed by atoms with Crippen LogP contribution in [-0.2, 0) is 0 Å². The normalized spacial score (nSPS) is 10.3. The van der Waals surface area contributed by atoms with E-state index >= 15 is 0 Å². The van der Waals surface area contributed by atoms with Crippen LogP contribution in [-0.4, -0.2) is 39.7 Å². The van der Waals surface area contributed by atoms with Crippen LogP contribution in [0.1, 0.15) is 21.6 Å². The molecule has 2 N–H and O–H groups in total. The van der Waals surface area contributed by atoms with Gasteiger partial charge < -0.3 is 10.6 Å². The maximum Gasteiger partial charge on any atom is 0.273 e. The molecule has 5 nitrogen and oxygen atoms in total. The topological polar surface area (TPSA) is 64.2 Å². The Kier molecular flexibility index (Phi) is 3.85. The highest BCUT2D eigenvalue weighted by molar-refractivity contribution is 7.80. The van der Waals surface area contributed by atoms with E-state index in [-0.39, 0.29) is 5.91 Å². The molecule has 0 bridgehead atoms. The van der Waals surface area contributed by atoms with Gasteiger partial charge in [-0.05, 0) is 30.7 Å². The van der Waals surface area contributed by atoms with Gasteiger partial charge >= 0.3 is 0 Å². The van der Waals surface area contributed by atoms with Gasteiger partial charge in [-0.25, -0.2) is 4.68 Å². The SMILES string of the molecule is Cc1ccc(C(N)=S)c(-n2ccc(C(=O)N(C)C)n2)c1. The van der Waals surface area contributed by atoms with Crippen LogP contribution in [0.3, 0.4) is 0 Å². The summed E-state index contributed by atoms with van der Waals surface area (Å²) in [4.78, 5) is 13.7. The molecular weight excluding hydrogens is 272 g/mol. The summed E-state index contributed by atoms with van der Waals surface area (Å²) in [6.07, 6.45) is 1.73. The lowest BCUT2D eigenvalue weighted by Gasteiger charge is -2.10. The molecule has 0 aliphatic heterocycles. The van der Waals surface area contributed by atoms with Gasteiger partial charge in [0.2, 0.25) is 0 Å². The average Bonchev–Trinajstić information content (AvgIpc) is 2.86. The third-order valence-electron chi connectivity index (χ3n) is 2.88. The van der Waals surface area contributed by atoms with Gasteiger partial charge in [0.05, 0.1) is 5.69 Å². The van der Waals surface area contributed by atoms with Crippen LogP contribution in [0.4, 0.5) is 0 Å². The minimum Gasteiger partial charge on any atom is -0.389 e. The lowest BCUT2D eigenvalue weighted by molar-refractivity contribution is 0.0821. The summed E-state index contributed by atoms with van der Waals surface area (Å²) in [6, 6.07) is 7.41. The monoisotopic (exact) mass is 288 g/mol. The van der Waals surface area contributed by atoms with E-state index in [4.69, 9.17) is 18.0 Å². The predicted octanol–water partition coefficient (Wildman–Crippen LogP) is 1.52. The Morgan fingerprint density at radius 1 is 1.35 bits per heavy atom. The molecule has 0 atom stereocenters. The summed E-state index contributed by atoms with van der Waals surface area (Å²) in [5.74, 6) is -0.145. The first-order valence-electron chi connectivity index (χ1n) is 6.08. The zero-order chi connectivity index (χ0) is 14.9. The van der Waals surface area contributed by atoms with Crippen molar-refractivity contribution in [1.82, 2.24) is 14.7 Å². The molecule has 1 aromatic carbocycles. The second kappa shape index (κ2) is 5.42. The van der Waals surface area contributed by atoms with Gasteiger partial charge in [0.15, 0.2) is 5.69 Å². The van der Waals surface area contributed by atoms with Crippen LogP contribution < -0.4 is 5.73 Å². The van der Waals surface area contributed by atoms with E-state index < -0.39 is 0 Å². The van der Waals surface area contributed by atoms with Crippen molar-refractivity contribution in [2.45, 2.75) is 6.92 Å². The van der Waals surface area contributed by atoms with E-state index in [0.29, 0.717) is 10.7 Å². The van der Waals surface area contributed by atoms with Gasteiger partial charge in [0, 0.05) is 25.9 Å². The van der Waals surface area contributed by atoms with Gasteiger partial charge in [-0.2, -0.15) is 5.10 Å². The Morgan fingerprint density at radius 2 is 2.05 bits per heavy atom. The molecular formula is C14H16N4OS. The van der Waals surface area contributed by atoms with E-state index in [1.165, 1.54) is 4.90 Å². The molecule has 0 saturated heterocycles. The van der Waals surface area contributed by atoms with Gasteiger partial charge in [0.1, 0.15) is 4.99 Å². The molecule has 0 unspecified atom stereocenters. The van der Waals surface area contributed by atoms with Crippen LogP contribution in [0.15, 0.2) is 30.5 Å². The number of nitrogens with zero attached hydrogens (tertiary/aromatic N) is 3. The highest BCUT2D eigenvalue weighted by Gasteiger charge is 2.14. The molecule has 0 spiro atoms. The van der Waals surface area contributed by atoms with Gasteiger partial charge in [-0.15, -0.1) is 0 Å². The fourth-order valence-electron chi connectivity index (χ4n) is 1.84. The summed E-state index contributed by atoms with van der Waals surface area (Å²) in [7, 11) is 3.38. The molecule has 1 amide bonds. The molecule has 1 heterocycles. The summed E-state index contributed by atoms with van der Waals surface area (Å²) < 4.78 is 1.62. The minimum atomic E-state index is -0.145. The average molecular weight is 288 g/mol. The molecule has 0 fully saturated rings. The van der Waals surface area contributed by atoms with Gasteiger partial charge in [-0.3, -0.25) is 4.79 Å². The fraction of sp³-hybridized carbons (Fsp3) is 0.214. The van der Waals surface area contributed by atoms with Crippen molar-refractivity contribution in [2.24, 2.45) is 5.73 Å². The number of nitrogens with two attached hydrogens (primary N) is 1. The summed E-state index contributed by atoms with van der Waals surface area (Å²) in [5, 5.41) is 4.30. The lowest BCUT2D eigenvalue weighted by atomic mass is 10.1. The number of thiocarbonyl (C=S) groups is 1. The zero-order valence-electron chi connectivity index (χ0n) is 11.6. The second-order valence-electron chi connectivity index (χ2n) is 4.73. The first kappa shape index (κ1) is 14.2. The molecule has 1 aromatic heterocycles. The molecule has 2 rings (SSSR count). The Bertz CT molecular complexity index is 676. The molecule has 0 saturated carbocycles. The van der Waals surface area contributed by atoms with Crippen molar-refractivity contribution < 1.29 is 4.79 Å². The van der Waals surface area contributed by atoms with Crippen LogP contribution in [0.25, 0.3) is 5.69 Å². The van der Waals surface area contributed by atoms with Crippen molar-refractivity contribution in [2.75, 3.05) is 14.1 Å². The minimum absolute atomic E-state index is 0.145. The van der Waals surface area contributed by atoms with Crippen molar-refractivity contribution >= 4 is 23.1 Å². The number of amides is 1. The zero-order valence-corrected chi connectivity index (χ0v) is 12.4. The number of benzene rings is 1. The molecule has 6 heteroatoms. The van der Waals surface area contributed by atoms with Gasteiger partial charge in [-0.1, -0.05) is 18.3 Å².